The highest BCUT2D eigenvalue weighted by Crippen LogP contribution is 2.35. The van der Waals surface area contributed by atoms with E-state index in [-0.39, 0.29) is 22.3 Å². The normalized spacial score (nSPS) is 13.8. The molecule has 0 saturated carbocycles. The van der Waals surface area contributed by atoms with Crippen LogP contribution in [0.1, 0.15) is 43.0 Å². The summed E-state index contributed by atoms with van der Waals surface area (Å²) in [7, 11) is 3.26. The molecule has 0 atom stereocenters. The van der Waals surface area contributed by atoms with Gasteiger partial charge in [-0.25, -0.2) is 0 Å². The first-order valence-corrected chi connectivity index (χ1v) is 12.7. The third-order valence-electron chi connectivity index (χ3n) is 7.11. The average molecular weight is 516 g/mol. The predicted octanol–water partition coefficient (Wildman–Crippen LogP) is 6.16. The zero-order valence-corrected chi connectivity index (χ0v) is 22.5. The maximum Gasteiger partial charge on any atom is 0.235 e. The molecule has 1 N–H and O–H groups in total. The molecule has 0 spiro atoms. The van der Waals surface area contributed by atoms with Crippen LogP contribution in [0.4, 0.5) is 0 Å². The van der Waals surface area contributed by atoms with Gasteiger partial charge in [0.1, 0.15) is 23.3 Å². The molecule has 0 saturated heterocycles. The van der Waals surface area contributed by atoms with Crippen molar-refractivity contribution in [2.24, 2.45) is 0 Å². The number of phenolic OH excluding ortho intramolecular Hbond substituents is 1. The Balaban J connectivity index is 1.41. The van der Waals surface area contributed by atoms with E-state index < -0.39 is 0 Å². The number of rotatable bonds is 6. The molecule has 4 aromatic rings. The quantitative estimate of drug-likeness (QED) is 0.329. The van der Waals surface area contributed by atoms with Gasteiger partial charge >= 0.3 is 0 Å². The van der Waals surface area contributed by atoms with Gasteiger partial charge in [0.2, 0.25) is 11.2 Å². The Bertz CT molecular complexity index is 1530. The van der Waals surface area contributed by atoms with E-state index in [9.17, 15) is 9.90 Å². The maximum absolute atomic E-state index is 13.3. The molecule has 3 aromatic carbocycles. The molecule has 5 rings (SSSR count). The van der Waals surface area contributed by atoms with E-state index in [0.717, 1.165) is 24.3 Å². The van der Waals surface area contributed by atoms with E-state index in [1.807, 2.05) is 36.4 Å². The third-order valence-corrected chi connectivity index (χ3v) is 7.11. The van der Waals surface area contributed by atoms with E-state index in [4.69, 9.17) is 18.6 Å². The van der Waals surface area contributed by atoms with Crippen molar-refractivity contribution in [1.82, 2.24) is 4.90 Å². The van der Waals surface area contributed by atoms with Crippen molar-refractivity contribution in [3.05, 3.63) is 87.3 Å². The van der Waals surface area contributed by atoms with Crippen molar-refractivity contribution < 1.29 is 23.7 Å². The molecule has 7 nitrogen and oxygen atoms in total. The number of ether oxygens (including phenoxy) is 3. The minimum Gasteiger partial charge on any atom is -0.507 e. The van der Waals surface area contributed by atoms with Crippen molar-refractivity contribution in [3.8, 4) is 28.7 Å². The van der Waals surface area contributed by atoms with Crippen molar-refractivity contribution in [3.63, 3.8) is 0 Å². The van der Waals surface area contributed by atoms with Gasteiger partial charge in [-0.15, -0.1) is 0 Å². The first-order valence-electron chi connectivity index (χ1n) is 12.7. The second kappa shape index (κ2) is 10.1. The number of phenols is 1. The van der Waals surface area contributed by atoms with E-state index in [1.165, 1.54) is 17.4 Å². The minimum atomic E-state index is -0.284. The highest BCUT2D eigenvalue weighted by atomic mass is 16.5. The van der Waals surface area contributed by atoms with Gasteiger partial charge in [-0.05, 0) is 64.9 Å². The highest BCUT2D eigenvalue weighted by Gasteiger charge is 2.23. The van der Waals surface area contributed by atoms with E-state index in [0.29, 0.717) is 41.1 Å². The van der Waals surface area contributed by atoms with Gasteiger partial charge in [-0.1, -0.05) is 32.9 Å². The number of fused-ring (bicyclic) bond motifs is 2. The van der Waals surface area contributed by atoms with Crippen LogP contribution in [0.25, 0.3) is 11.0 Å². The monoisotopic (exact) mass is 515 g/mol. The third kappa shape index (κ3) is 4.94. The number of benzene rings is 3. The van der Waals surface area contributed by atoms with Crippen LogP contribution in [0.2, 0.25) is 0 Å². The fourth-order valence-electron chi connectivity index (χ4n) is 4.90. The van der Waals surface area contributed by atoms with Gasteiger partial charge in [-0.2, -0.15) is 0 Å². The molecule has 1 aromatic heterocycles. The van der Waals surface area contributed by atoms with Crippen LogP contribution in [0, 0.1) is 0 Å². The molecule has 0 amide bonds. The van der Waals surface area contributed by atoms with Crippen molar-refractivity contribution in [1.29, 1.82) is 0 Å². The van der Waals surface area contributed by atoms with Gasteiger partial charge in [-0.3, -0.25) is 9.69 Å². The van der Waals surface area contributed by atoms with Crippen LogP contribution in [0.15, 0.2) is 64.0 Å². The molecule has 1 aliphatic rings. The predicted molar refractivity (Wildman–Crippen MR) is 147 cm³/mol. The number of hydrogen-bond donors (Lipinski definition) is 1. The highest BCUT2D eigenvalue weighted by molar-refractivity contribution is 5.83. The molecule has 38 heavy (non-hydrogen) atoms. The smallest absolute Gasteiger partial charge is 0.235 e. The van der Waals surface area contributed by atoms with Crippen LogP contribution in [-0.2, 0) is 24.9 Å². The van der Waals surface area contributed by atoms with Crippen molar-refractivity contribution in [2.75, 3.05) is 20.8 Å². The van der Waals surface area contributed by atoms with Gasteiger partial charge in [0.25, 0.3) is 0 Å². The lowest BCUT2D eigenvalue weighted by atomic mass is 9.87. The van der Waals surface area contributed by atoms with Gasteiger partial charge in [0, 0.05) is 19.6 Å². The van der Waals surface area contributed by atoms with Gasteiger partial charge in [0.05, 0.1) is 25.2 Å². The first kappa shape index (κ1) is 25.7. The lowest BCUT2D eigenvalue weighted by molar-refractivity contribution is 0.241. The zero-order valence-electron chi connectivity index (χ0n) is 22.5. The van der Waals surface area contributed by atoms with Crippen LogP contribution in [0.3, 0.4) is 0 Å². The fourth-order valence-corrected chi connectivity index (χ4v) is 4.90. The number of methoxy groups -OCH3 is 2. The molecule has 0 fully saturated rings. The summed E-state index contributed by atoms with van der Waals surface area (Å²) in [5, 5.41) is 11.1. The second-order valence-corrected chi connectivity index (χ2v) is 10.7. The Morgan fingerprint density at radius 2 is 1.63 bits per heavy atom. The maximum atomic E-state index is 13.3. The first-order chi connectivity index (χ1) is 18.2. The standard InChI is InChI=1S/C31H33NO6/c1-31(2,3)21-6-8-22(9-7-21)38-28-18-37-30-23(29(28)34)10-11-25(33)24(30)17-32-13-12-19-14-26(35-4)27(36-5)15-20(19)16-32/h6-11,14-15,18,33H,12-13,16-17H2,1-5H3. The Labute approximate surface area is 222 Å². The second-order valence-electron chi connectivity index (χ2n) is 10.7. The van der Waals surface area contributed by atoms with Crippen molar-refractivity contribution in [2.45, 2.75) is 45.7 Å². The Kier molecular flexibility index (Phi) is 6.80. The SMILES string of the molecule is COc1cc2c(cc1OC)CN(Cc1c(O)ccc3c(=O)c(Oc4ccc(C(C)(C)C)cc4)coc13)CC2. The summed E-state index contributed by atoms with van der Waals surface area (Å²) < 4.78 is 22.7. The molecule has 0 unspecified atom stereocenters. The summed E-state index contributed by atoms with van der Waals surface area (Å²) in [6, 6.07) is 14.9. The Hall–Kier alpha value is -3.97. The molecule has 198 valence electrons. The Morgan fingerprint density at radius 3 is 2.29 bits per heavy atom. The molecular formula is C31H33NO6. The molecule has 0 bridgehead atoms. The van der Waals surface area contributed by atoms with Crippen LogP contribution in [-0.4, -0.2) is 30.8 Å². The van der Waals surface area contributed by atoms with E-state index in [1.54, 1.807) is 26.4 Å². The number of hydrogen-bond acceptors (Lipinski definition) is 7. The summed E-state index contributed by atoms with van der Waals surface area (Å²) in [6.07, 6.45) is 2.16. The van der Waals surface area contributed by atoms with Crippen LogP contribution < -0.4 is 19.6 Å². The molecule has 2 heterocycles. The van der Waals surface area contributed by atoms with E-state index in [2.05, 4.69) is 25.7 Å². The number of aromatic hydroxyl groups is 1. The van der Waals surface area contributed by atoms with Gasteiger partial charge < -0.3 is 23.7 Å². The molecule has 0 radical (unpaired) electrons. The minimum absolute atomic E-state index is 0.0221. The largest absolute Gasteiger partial charge is 0.507 e. The lowest BCUT2D eigenvalue weighted by Gasteiger charge is -2.29. The zero-order chi connectivity index (χ0) is 27.0. The summed E-state index contributed by atoms with van der Waals surface area (Å²) in [6.45, 7) is 8.31. The Morgan fingerprint density at radius 1 is 0.947 bits per heavy atom. The van der Waals surface area contributed by atoms with Gasteiger partial charge in [0.15, 0.2) is 11.5 Å². The summed E-state index contributed by atoms with van der Waals surface area (Å²) in [5.41, 5.74) is 4.21. The van der Waals surface area contributed by atoms with Crippen LogP contribution in [0.5, 0.6) is 28.7 Å². The van der Waals surface area contributed by atoms with Crippen molar-refractivity contribution >= 4 is 11.0 Å². The molecule has 1 aliphatic heterocycles. The van der Waals surface area contributed by atoms with Crippen LogP contribution >= 0.6 is 0 Å². The molecule has 7 heteroatoms. The fraction of sp³-hybridized carbons (Fsp3) is 0.323. The number of nitrogens with zero attached hydrogens (tertiary/aromatic N) is 1. The van der Waals surface area contributed by atoms with E-state index >= 15 is 0 Å². The molecular weight excluding hydrogens is 482 g/mol. The summed E-state index contributed by atoms with van der Waals surface area (Å²) in [4.78, 5) is 15.5. The molecule has 0 aliphatic carbocycles. The summed E-state index contributed by atoms with van der Waals surface area (Å²) in [5.74, 6) is 2.16. The lowest BCUT2D eigenvalue weighted by Crippen LogP contribution is -2.30. The average Bonchev–Trinajstić information content (AvgIpc) is 2.90. The summed E-state index contributed by atoms with van der Waals surface area (Å²) >= 11 is 0. The topological polar surface area (TPSA) is 81.4 Å².